The molecule has 2 nitrogen and oxygen atoms in total. The van der Waals surface area contributed by atoms with Gasteiger partial charge in [0, 0.05) is 9.79 Å². The molecule has 0 atom stereocenters. The third-order valence-corrected chi connectivity index (χ3v) is 5.77. The van der Waals surface area contributed by atoms with Crippen LogP contribution in [-0.2, 0) is 0 Å². The van der Waals surface area contributed by atoms with E-state index in [2.05, 4.69) is 18.4 Å². The summed E-state index contributed by atoms with van der Waals surface area (Å²) in [4.78, 5) is 8.01. The van der Waals surface area contributed by atoms with Crippen LogP contribution in [0.5, 0.6) is 0 Å². The van der Waals surface area contributed by atoms with E-state index < -0.39 is 0 Å². The molecule has 0 unspecified atom stereocenters. The second-order valence-electron chi connectivity index (χ2n) is 4.02. The zero-order valence-electron chi connectivity index (χ0n) is 10.6. The quantitative estimate of drug-likeness (QED) is 0.566. The molecular formula is C14H12N2S3. The molecule has 1 aliphatic carbocycles. The number of nitrogens with one attached hydrogen (secondary N) is 1. The summed E-state index contributed by atoms with van der Waals surface area (Å²) in [5.41, 5.74) is 1.79. The van der Waals surface area contributed by atoms with Gasteiger partial charge in [-0.1, -0.05) is 12.1 Å². The second kappa shape index (κ2) is 5.15. The molecule has 0 fully saturated rings. The van der Waals surface area contributed by atoms with Gasteiger partial charge < -0.3 is 0 Å². The number of hydrogen-bond acceptors (Lipinski definition) is 5. The molecule has 0 saturated heterocycles. The Balaban J connectivity index is 2.48. The Bertz CT molecular complexity index is 779. The molecule has 2 aliphatic rings. The highest BCUT2D eigenvalue weighted by Crippen LogP contribution is 2.37. The Labute approximate surface area is 124 Å². The number of thioether (sulfide) groups is 2. The van der Waals surface area contributed by atoms with Crippen LogP contribution >= 0.6 is 34.9 Å². The van der Waals surface area contributed by atoms with Crippen LogP contribution in [0.25, 0.3) is 20.8 Å². The average molecular weight is 304 g/mol. The van der Waals surface area contributed by atoms with Crippen LogP contribution in [0, 0.1) is 5.41 Å². The fourth-order valence-electron chi connectivity index (χ4n) is 1.99. The Morgan fingerprint density at radius 3 is 2.58 bits per heavy atom. The van der Waals surface area contributed by atoms with Gasteiger partial charge in [0.1, 0.15) is 5.69 Å². The molecule has 0 aromatic heterocycles. The number of nitrogens with zero attached hydrogens (tertiary/aromatic N) is 1. The van der Waals surface area contributed by atoms with Gasteiger partial charge in [-0.25, -0.2) is 4.98 Å². The third kappa shape index (κ3) is 2.16. The van der Waals surface area contributed by atoms with E-state index in [9.17, 15) is 0 Å². The van der Waals surface area contributed by atoms with Crippen molar-refractivity contribution in [3.05, 3.63) is 35.7 Å². The molecule has 1 aromatic rings. The predicted octanol–water partition coefficient (Wildman–Crippen LogP) is 4.32. The van der Waals surface area contributed by atoms with E-state index in [1.54, 1.807) is 34.9 Å². The van der Waals surface area contributed by atoms with E-state index in [4.69, 9.17) is 10.4 Å². The van der Waals surface area contributed by atoms with Gasteiger partial charge in [0.05, 0.1) is 20.5 Å². The van der Waals surface area contributed by atoms with Gasteiger partial charge in [-0.15, -0.1) is 34.9 Å². The first kappa shape index (κ1) is 13.0. The predicted molar refractivity (Wildman–Crippen MR) is 85.7 cm³/mol. The summed E-state index contributed by atoms with van der Waals surface area (Å²) in [5.74, 6) is 0. The van der Waals surface area contributed by atoms with Crippen LogP contribution in [0.3, 0.4) is 0 Å². The van der Waals surface area contributed by atoms with Crippen molar-refractivity contribution in [2.75, 3.05) is 12.5 Å². The van der Waals surface area contributed by atoms with E-state index in [0.29, 0.717) is 5.36 Å². The summed E-state index contributed by atoms with van der Waals surface area (Å²) < 4.78 is 1.17. The van der Waals surface area contributed by atoms with Crippen molar-refractivity contribution in [3.63, 3.8) is 0 Å². The second-order valence-corrected chi connectivity index (χ2v) is 6.76. The highest BCUT2D eigenvalue weighted by Gasteiger charge is 2.16. The maximum Gasteiger partial charge on any atom is 0.108 e. The van der Waals surface area contributed by atoms with Crippen molar-refractivity contribution in [2.24, 2.45) is 0 Å². The molecule has 0 radical (unpaired) electrons. The Morgan fingerprint density at radius 2 is 1.84 bits per heavy atom. The van der Waals surface area contributed by atoms with Gasteiger partial charge in [0.2, 0.25) is 0 Å². The topological polar surface area (TPSA) is 36.7 Å². The van der Waals surface area contributed by atoms with Crippen molar-refractivity contribution < 1.29 is 0 Å². The van der Waals surface area contributed by atoms with Gasteiger partial charge in [-0.2, -0.15) is 0 Å². The molecule has 0 bridgehead atoms. The lowest BCUT2D eigenvalue weighted by molar-refractivity contribution is 1.12. The van der Waals surface area contributed by atoms with E-state index in [0.717, 1.165) is 21.0 Å². The summed E-state index contributed by atoms with van der Waals surface area (Å²) in [7, 11) is 0. The lowest BCUT2D eigenvalue weighted by atomic mass is 10.2. The van der Waals surface area contributed by atoms with Crippen molar-refractivity contribution >= 4 is 45.1 Å². The largest absolute Gasteiger partial charge is 0.297 e. The van der Waals surface area contributed by atoms with E-state index in [1.807, 2.05) is 24.5 Å². The Morgan fingerprint density at radius 1 is 1.11 bits per heavy atom. The molecule has 5 heteroatoms. The van der Waals surface area contributed by atoms with Crippen LogP contribution < -0.4 is 5.36 Å². The zero-order chi connectivity index (χ0) is 13.4. The van der Waals surface area contributed by atoms with Crippen molar-refractivity contribution in [3.8, 4) is 10.6 Å². The average Bonchev–Trinajstić information content (AvgIpc) is 2.46. The van der Waals surface area contributed by atoms with Crippen LogP contribution in [-0.4, -0.2) is 17.5 Å². The standard InChI is InChI=1S/C14H12N2S3/c1-17-10-7-11(18-2)14-13(12(10)15)16-8-5-3-4-6-9(8)19-14/h3-7,15H,1-2H3. The monoisotopic (exact) mass is 304 g/mol. The summed E-state index contributed by atoms with van der Waals surface area (Å²) in [6, 6.07) is 10.2. The van der Waals surface area contributed by atoms with Gasteiger partial charge in [-0.3, -0.25) is 5.41 Å². The Kier molecular flexibility index (Phi) is 3.52. The molecule has 19 heavy (non-hydrogen) atoms. The Hall–Kier alpha value is -1.04. The van der Waals surface area contributed by atoms with E-state index >= 15 is 0 Å². The lowest BCUT2D eigenvalue weighted by Gasteiger charge is -2.12. The minimum absolute atomic E-state index is 0.544. The normalized spacial score (nSPS) is 11.3. The molecule has 1 heterocycles. The number of benzene rings is 2. The highest BCUT2D eigenvalue weighted by atomic mass is 32.2. The molecule has 1 aromatic carbocycles. The smallest absolute Gasteiger partial charge is 0.108 e. The minimum Gasteiger partial charge on any atom is -0.297 e. The summed E-state index contributed by atoms with van der Waals surface area (Å²) in [6.07, 6.45) is 4.08. The fourth-order valence-corrected chi connectivity index (χ4v) is 4.48. The van der Waals surface area contributed by atoms with Gasteiger partial charge in [-0.05, 0) is 30.7 Å². The number of hydrogen-bond donors (Lipinski definition) is 1. The molecule has 1 aliphatic heterocycles. The van der Waals surface area contributed by atoms with E-state index in [-0.39, 0.29) is 0 Å². The summed E-state index contributed by atoms with van der Waals surface area (Å²) >= 11 is 5.05. The lowest BCUT2D eigenvalue weighted by Crippen LogP contribution is -2.10. The molecule has 96 valence electrons. The molecule has 0 saturated carbocycles. The number of aromatic nitrogens is 1. The molecule has 1 N–H and O–H groups in total. The maximum atomic E-state index is 8.30. The van der Waals surface area contributed by atoms with Crippen molar-refractivity contribution in [1.82, 2.24) is 4.98 Å². The van der Waals surface area contributed by atoms with Gasteiger partial charge >= 0.3 is 0 Å². The van der Waals surface area contributed by atoms with Crippen LogP contribution in [0.4, 0.5) is 0 Å². The first-order valence-corrected chi connectivity index (χ1v) is 9.00. The van der Waals surface area contributed by atoms with Crippen molar-refractivity contribution in [2.45, 2.75) is 9.79 Å². The molecule has 0 amide bonds. The summed E-state index contributed by atoms with van der Waals surface area (Å²) in [6.45, 7) is 0. The molecule has 0 spiro atoms. The van der Waals surface area contributed by atoms with Crippen LogP contribution in [0.1, 0.15) is 0 Å². The molecular weight excluding hydrogens is 292 g/mol. The van der Waals surface area contributed by atoms with Crippen LogP contribution in [0.2, 0.25) is 0 Å². The zero-order valence-corrected chi connectivity index (χ0v) is 13.0. The first-order chi connectivity index (χ1) is 9.24. The fraction of sp³-hybridized carbons (Fsp3) is 0.143. The maximum absolute atomic E-state index is 8.30. The first-order valence-electron chi connectivity index (χ1n) is 5.73. The summed E-state index contributed by atoms with van der Waals surface area (Å²) in [5, 5.41) is 8.84. The third-order valence-electron chi connectivity index (χ3n) is 2.93. The van der Waals surface area contributed by atoms with E-state index in [1.165, 1.54) is 9.60 Å². The van der Waals surface area contributed by atoms with Crippen LogP contribution in [0.15, 0.2) is 40.1 Å². The highest BCUT2D eigenvalue weighted by molar-refractivity contribution is 7.99. The van der Waals surface area contributed by atoms with Gasteiger partial charge in [0.15, 0.2) is 0 Å². The minimum atomic E-state index is 0.544. The number of para-hydroxylation sites is 1. The number of rotatable bonds is 2. The number of fused-ring (bicyclic) bond motifs is 2. The van der Waals surface area contributed by atoms with Crippen molar-refractivity contribution in [1.29, 1.82) is 5.41 Å². The molecule has 3 rings (SSSR count). The van der Waals surface area contributed by atoms with Gasteiger partial charge in [0.25, 0.3) is 0 Å². The SMILES string of the molecule is CSc1cc(SC)c(=N)c2nc3ccccc3sc1-2.